The van der Waals surface area contributed by atoms with Crippen LogP contribution in [0.2, 0.25) is 0 Å². The summed E-state index contributed by atoms with van der Waals surface area (Å²) in [6, 6.07) is 21.4. The van der Waals surface area contributed by atoms with Gasteiger partial charge in [-0.25, -0.2) is 0 Å². The average molecular weight is 414 g/mol. The van der Waals surface area contributed by atoms with Crippen LogP contribution in [0.1, 0.15) is 18.6 Å². The first kappa shape index (κ1) is 25.1. The molecule has 0 atom stereocenters. The van der Waals surface area contributed by atoms with E-state index in [-0.39, 0.29) is 65.3 Å². The average Bonchev–Trinajstić information content (AvgIpc) is 2.61. The van der Waals surface area contributed by atoms with E-state index >= 15 is 0 Å². The SMILES string of the molecule is C.Oc1ccccc1C=Nc1ccccc1N=Cc1ccccc1O.[Co].[Na]. The molecule has 27 heavy (non-hydrogen) atoms. The van der Waals surface area contributed by atoms with E-state index in [1.807, 2.05) is 36.4 Å². The van der Waals surface area contributed by atoms with Crippen LogP contribution in [0.15, 0.2) is 82.8 Å². The zero-order valence-corrected chi connectivity index (χ0v) is 17.2. The Bertz CT molecular complexity index is 839. The summed E-state index contributed by atoms with van der Waals surface area (Å²) in [5.41, 5.74) is 2.62. The van der Waals surface area contributed by atoms with Gasteiger partial charge >= 0.3 is 0 Å². The van der Waals surface area contributed by atoms with Gasteiger partial charge in [-0.15, -0.1) is 0 Å². The van der Waals surface area contributed by atoms with Crippen LogP contribution >= 0.6 is 0 Å². The minimum atomic E-state index is 0. The van der Waals surface area contributed by atoms with Gasteiger partial charge in [-0.2, -0.15) is 0 Å². The van der Waals surface area contributed by atoms with Gasteiger partial charge in [0.1, 0.15) is 11.5 Å². The standard InChI is InChI=1S/C20H16N2O2.CH4.Co.Na/c23-19-11-5-1-7-15(19)13-21-17-9-3-4-10-18(17)22-14-16-8-2-6-12-20(16)24;;;/h1-14,23-24H;1H4;;. The number of phenolic OH excluding ortho intramolecular Hbond substituents is 2. The van der Waals surface area contributed by atoms with Crippen LogP contribution in [-0.4, -0.2) is 52.2 Å². The van der Waals surface area contributed by atoms with Crippen molar-refractivity contribution in [2.24, 2.45) is 9.98 Å². The fourth-order valence-electron chi connectivity index (χ4n) is 2.15. The van der Waals surface area contributed by atoms with Gasteiger partial charge in [0.2, 0.25) is 0 Å². The second-order valence-corrected chi connectivity index (χ2v) is 5.12. The normalized spacial score (nSPS) is 10.1. The summed E-state index contributed by atoms with van der Waals surface area (Å²) in [4.78, 5) is 8.82. The molecule has 0 spiro atoms. The van der Waals surface area contributed by atoms with Crippen molar-refractivity contribution < 1.29 is 27.0 Å². The van der Waals surface area contributed by atoms with Crippen molar-refractivity contribution in [1.82, 2.24) is 0 Å². The number of phenols is 2. The summed E-state index contributed by atoms with van der Waals surface area (Å²) in [6.07, 6.45) is 3.20. The van der Waals surface area contributed by atoms with E-state index in [1.54, 1.807) is 48.8 Å². The maximum absolute atomic E-state index is 9.79. The number of benzene rings is 3. The van der Waals surface area contributed by atoms with Crippen LogP contribution in [0.5, 0.6) is 11.5 Å². The van der Waals surface area contributed by atoms with Gasteiger partial charge < -0.3 is 10.2 Å². The van der Waals surface area contributed by atoms with Crippen molar-refractivity contribution >= 4 is 53.4 Å². The van der Waals surface area contributed by atoms with Crippen LogP contribution in [0.25, 0.3) is 0 Å². The summed E-state index contributed by atoms with van der Waals surface area (Å²) >= 11 is 0. The molecule has 0 fully saturated rings. The van der Waals surface area contributed by atoms with Crippen molar-refractivity contribution in [3.63, 3.8) is 0 Å². The molecule has 0 heterocycles. The van der Waals surface area contributed by atoms with E-state index in [4.69, 9.17) is 0 Å². The number of nitrogens with zero attached hydrogens (tertiary/aromatic N) is 2. The van der Waals surface area contributed by atoms with Gasteiger partial charge in [-0.05, 0) is 36.4 Å². The molecular formula is C21H20CoN2NaO2. The van der Waals surface area contributed by atoms with E-state index in [2.05, 4.69) is 9.98 Å². The molecule has 0 aliphatic heterocycles. The van der Waals surface area contributed by atoms with Crippen LogP contribution in [0.3, 0.4) is 0 Å². The second-order valence-electron chi connectivity index (χ2n) is 5.12. The minimum absolute atomic E-state index is 0. The molecule has 0 unspecified atom stereocenters. The third-order valence-corrected chi connectivity index (χ3v) is 3.44. The molecule has 6 heteroatoms. The number of rotatable bonds is 4. The predicted molar refractivity (Wildman–Crippen MR) is 110 cm³/mol. The molecule has 136 valence electrons. The summed E-state index contributed by atoms with van der Waals surface area (Å²) < 4.78 is 0. The summed E-state index contributed by atoms with van der Waals surface area (Å²) in [7, 11) is 0. The smallest absolute Gasteiger partial charge is 0.124 e. The van der Waals surface area contributed by atoms with Crippen LogP contribution in [-0.2, 0) is 16.8 Å². The Morgan fingerprint density at radius 3 is 1.30 bits per heavy atom. The van der Waals surface area contributed by atoms with Crippen molar-refractivity contribution in [3.05, 3.63) is 83.9 Å². The minimum Gasteiger partial charge on any atom is -0.507 e. The van der Waals surface area contributed by atoms with Gasteiger partial charge in [0.05, 0.1) is 11.4 Å². The number of hydrogen-bond donors (Lipinski definition) is 2. The number of aromatic hydroxyl groups is 2. The first-order chi connectivity index (χ1) is 11.7. The van der Waals surface area contributed by atoms with E-state index in [0.717, 1.165) is 0 Å². The maximum Gasteiger partial charge on any atom is 0.124 e. The first-order valence-corrected chi connectivity index (χ1v) is 7.47. The van der Waals surface area contributed by atoms with E-state index in [0.29, 0.717) is 22.5 Å². The van der Waals surface area contributed by atoms with Crippen LogP contribution in [0, 0.1) is 0 Å². The zero-order valence-electron chi connectivity index (χ0n) is 14.2. The maximum atomic E-state index is 9.79. The topological polar surface area (TPSA) is 65.2 Å². The van der Waals surface area contributed by atoms with Crippen molar-refractivity contribution in [3.8, 4) is 11.5 Å². The van der Waals surface area contributed by atoms with Crippen LogP contribution < -0.4 is 0 Å². The summed E-state index contributed by atoms with van der Waals surface area (Å²) in [6.45, 7) is 0. The quantitative estimate of drug-likeness (QED) is 0.474. The Kier molecular flexibility index (Phi) is 11.6. The van der Waals surface area contributed by atoms with Crippen molar-refractivity contribution in [2.75, 3.05) is 0 Å². The molecule has 0 saturated carbocycles. The third-order valence-electron chi connectivity index (χ3n) is 3.44. The fourth-order valence-corrected chi connectivity index (χ4v) is 2.15. The Labute approximate surface area is 192 Å². The molecule has 3 aromatic carbocycles. The van der Waals surface area contributed by atoms with Crippen LogP contribution in [0.4, 0.5) is 11.4 Å². The molecule has 0 aliphatic rings. The number of aliphatic imine (C=N–C) groups is 2. The number of para-hydroxylation sites is 4. The second kappa shape index (κ2) is 12.5. The summed E-state index contributed by atoms with van der Waals surface area (Å²) in [5.74, 6) is 0.355. The molecule has 2 radical (unpaired) electrons. The van der Waals surface area contributed by atoms with Gasteiger partial charge in [0.25, 0.3) is 0 Å². The summed E-state index contributed by atoms with van der Waals surface area (Å²) in [5, 5.41) is 19.6. The molecule has 4 nitrogen and oxygen atoms in total. The predicted octanol–water partition coefficient (Wildman–Crippen LogP) is 4.85. The van der Waals surface area contributed by atoms with Gasteiger partial charge in [-0.3, -0.25) is 9.98 Å². The molecule has 0 bridgehead atoms. The van der Waals surface area contributed by atoms with E-state index in [1.165, 1.54) is 0 Å². The fraction of sp³-hybridized carbons (Fsp3) is 0.0476. The molecule has 0 aromatic heterocycles. The van der Waals surface area contributed by atoms with E-state index in [9.17, 15) is 10.2 Å². The molecule has 3 rings (SSSR count). The monoisotopic (exact) mass is 414 g/mol. The molecule has 3 aromatic rings. The molecular weight excluding hydrogens is 394 g/mol. The van der Waals surface area contributed by atoms with Gasteiger partial charge in [0, 0.05) is 69.9 Å². The number of hydrogen-bond acceptors (Lipinski definition) is 4. The molecule has 0 amide bonds. The largest absolute Gasteiger partial charge is 0.507 e. The Balaban J connectivity index is 0.00000225. The Hall–Kier alpha value is -1.89. The molecule has 2 N–H and O–H groups in total. The zero-order chi connectivity index (χ0) is 16.8. The van der Waals surface area contributed by atoms with Crippen molar-refractivity contribution in [1.29, 1.82) is 0 Å². The van der Waals surface area contributed by atoms with Gasteiger partial charge in [-0.1, -0.05) is 43.8 Å². The van der Waals surface area contributed by atoms with E-state index < -0.39 is 0 Å². The van der Waals surface area contributed by atoms with Crippen molar-refractivity contribution in [2.45, 2.75) is 7.43 Å². The van der Waals surface area contributed by atoms with Gasteiger partial charge in [0.15, 0.2) is 0 Å². The third kappa shape index (κ3) is 6.97. The molecule has 0 aliphatic carbocycles. The molecule has 0 saturated heterocycles. The Morgan fingerprint density at radius 2 is 0.926 bits per heavy atom. The first-order valence-electron chi connectivity index (χ1n) is 7.47. The Morgan fingerprint density at radius 1 is 0.593 bits per heavy atom.